The molecule has 0 spiro atoms. The van der Waals surface area contributed by atoms with E-state index in [-0.39, 0.29) is 12.4 Å². The predicted octanol–water partition coefficient (Wildman–Crippen LogP) is 5.61. The minimum absolute atomic E-state index is 0.240. The minimum atomic E-state index is -0.516. The Labute approximate surface area is 200 Å². The Morgan fingerprint density at radius 1 is 1.03 bits per heavy atom. The van der Waals surface area contributed by atoms with Crippen LogP contribution in [0.2, 0.25) is 5.02 Å². The van der Waals surface area contributed by atoms with Gasteiger partial charge in [0.15, 0.2) is 12.4 Å². The first kappa shape index (κ1) is 23.0. The van der Waals surface area contributed by atoms with E-state index in [2.05, 4.69) is 42.4 Å². The van der Waals surface area contributed by atoms with Crippen molar-refractivity contribution >= 4 is 61.6 Å². The zero-order valence-electron chi connectivity index (χ0n) is 15.8. The van der Waals surface area contributed by atoms with Crippen LogP contribution in [0.15, 0.2) is 80.8 Å². The van der Waals surface area contributed by atoms with Crippen LogP contribution < -0.4 is 14.9 Å². The molecule has 0 saturated carbocycles. The molecule has 0 unspecified atom stereocenters. The largest absolute Gasteiger partial charge is 0.484 e. The van der Waals surface area contributed by atoms with Gasteiger partial charge in [-0.1, -0.05) is 51.8 Å². The van der Waals surface area contributed by atoms with E-state index >= 15 is 0 Å². The summed E-state index contributed by atoms with van der Waals surface area (Å²) in [5.74, 6) is -0.242. The van der Waals surface area contributed by atoms with Gasteiger partial charge in [-0.2, -0.15) is 5.10 Å². The average molecular weight is 567 g/mol. The molecule has 3 rings (SSSR count). The van der Waals surface area contributed by atoms with E-state index in [1.165, 1.54) is 6.21 Å². The summed E-state index contributed by atoms with van der Waals surface area (Å²) >= 11 is 12.7. The van der Waals surface area contributed by atoms with Gasteiger partial charge in [0.05, 0.1) is 16.3 Å². The van der Waals surface area contributed by atoms with Gasteiger partial charge in [-0.25, -0.2) is 10.2 Å². The van der Waals surface area contributed by atoms with Crippen LogP contribution in [0.5, 0.6) is 11.5 Å². The topological polar surface area (TPSA) is 77.0 Å². The Morgan fingerprint density at radius 3 is 2.55 bits per heavy atom. The van der Waals surface area contributed by atoms with Gasteiger partial charge in [0.1, 0.15) is 5.75 Å². The van der Waals surface area contributed by atoms with Gasteiger partial charge in [0.25, 0.3) is 5.91 Å². The molecule has 3 aromatic carbocycles. The van der Waals surface area contributed by atoms with E-state index in [0.717, 1.165) is 4.47 Å². The molecule has 0 atom stereocenters. The lowest BCUT2D eigenvalue weighted by atomic mass is 10.2. The van der Waals surface area contributed by atoms with Crippen LogP contribution in [-0.2, 0) is 4.79 Å². The van der Waals surface area contributed by atoms with Crippen LogP contribution in [0.1, 0.15) is 15.9 Å². The fourth-order valence-corrected chi connectivity index (χ4v) is 3.94. The number of esters is 1. The van der Waals surface area contributed by atoms with E-state index in [9.17, 15) is 9.59 Å². The molecule has 1 N–H and O–H groups in total. The average Bonchev–Trinajstić information content (AvgIpc) is 2.75. The SMILES string of the molecule is O=C(COc1cccc(Cl)c1)N/N=C/c1cc(Br)cc(Br)c1OC(=O)c1ccccc1. The number of benzene rings is 3. The summed E-state index contributed by atoms with van der Waals surface area (Å²) in [7, 11) is 0. The maximum atomic E-state index is 12.4. The maximum absolute atomic E-state index is 12.4. The van der Waals surface area contributed by atoms with Crippen molar-refractivity contribution in [2.75, 3.05) is 6.61 Å². The fraction of sp³-hybridized carbons (Fsp3) is 0.0455. The predicted molar refractivity (Wildman–Crippen MR) is 126 cm³/mol. The van der Waals surface area contributed by atoms with Gasteiger partial charge in [-0.3, -0.25) is 4.79 Å². The maximum Gasteiger partial charge on any atom is 0.343 e. The Kier molecular flexibility index (Phi) is 8.22. The number of nitrogens with zero attached hydrogens (tertiary/aromatic N) is 1. The van der Waals surface area contributed by atoms with Crippen LogP contribution in [0.25, 0.3) is 0 Å². The Bertz CT molecular complexity index is 1120. The third kappa shape index (κ3) is 6.92. The molecule has 0 aliphatic carbocycles. The molecule has 9 heteroatoms. The molecule has 31 heavy (non-hydrogen) atoms. The van der Waals surface area contributed by atoms with Gasteiger partial charge in [0.2, 0.25) is 0 Å². The zero-order chi connectivity index (χ0) is 22.2. The van der Waals surface area contributed by atoms with E-state index in [0.29, 0.717) is 26.4 Å². The number of carbonyl (C=O) groups excluding carboxylic acids is 2. The first-order valence-corrected chi connectivity index (χ1v) is 10.9. The molecule has 158 valence electrons. The second-order valence-corrected chi connectivity index (χ2v) is 8.31. The Morgan fingerprint density at radius 2 is 1.81 bits per heavy atom. The molecule has 0 saturated heterocycles. The summed E-state index contributed by atoms with van der Waals surface area (Å²) in [6.45, 7) is -0.240. The number of halogens is 3. The summed E-state index contributed by atoms with van der Waals surface area (Å²) in [4.78, 5) is 24.4. The zero-order valence-corrected chi connectivity index (χ0v) is 19.8. The van der Waals surface area contributed by atoms with Crippen LogP contribution in [0.3, 0.4) is 0 Å². The van der Waals surface area contributed by atoms with Crippen LogP contribution in [0, 0.1) is 0 Å². The molecular weight excluding hydrogens is 552 g/mol. The quantitative estimate of drug-likeness (QED) is 0.175. The van der Waals surface area contributed by atoms with Crippen LogP contribution in [-0.4, -0.2) is 24.7 Å². The third-order valence-corrected chi connectivity index (χ3v) is 5.08. The van der Waals surface area contributed by atoms with Crippen LogP contribution >= 0.6 is 43.5 Å². The highest BCUT2D eigenvalue weighted by atomic mass is 79.9. The summed E-state index contributed by atoms with van der Waals surface area (Å²) in [5, 5.41) is 4.44. The molecule has 0 radical (unpaired) electrons. The van der Waals surface area contributed by atoms with Crippen molar-refractivity contribution in [2.24, 2.45) is 5.10 Å². The molecule has 1 amide bonds. The highest BCUT2D eigenvalue weighted by molar-refractivity contribution is 9.11. The lowest BCUT2D eigenvalue weighted by molar-refractivity contribution is -0.123. The number of nitrogens with one attached hydrogen (secondary N) is 1. The Hall–Kier alpha value is -2.68. The van der Waals surface area contributed by atoms with Gasteiger partial charge < -0.3 is 9.47 Å². The van der Waals surface area contributed by atoms with Crippen molar-refractivity contribution < 1.29 is 19.1 Å². The van der Waals surface area contributed by atoms with E-state index in [1.54, 1.807) is 60.7 Å². The Balaban J connectivity index is 1.66. The molecule has 0 aliphatic heterocycles. The van der Waals surface area contributed by atoms with Gasteiger partial charge >= 0.3 is 5.97 Å². The lowest BCUT2D eigenvalue weighted by Crippen LogP contribution is -2.24. The first-order valence-electron chi connectivity index (χ1n) is 8.89. The number of ether oxygens (including phenoxy) is 2. The molecule has 6 nitrogen and oxygen atoms in total. The third-order valence-electron chi connectivity index (χ3n) is 3.80. The number of rotatable bonds is 7. The first-order chi connectivity index (χ1) is 14.9. The monoisotopic (exact) mass is 564 g/mol. The summed E-state index contributed by atoms with van der Waals surface area (Å²) < 4.78 is 12.2. The second-order valence-electron chi connectivity index (χ2n) is 6.10. The van der Waals surface area contributed by atoms with Crippen molar-refractivity contribution in [1.82, 2.24) is 5.43 Å². The molecule has 0 aromatic heterocycles. The van der Waals surface area contributed by atoms with Crippen LogP contribution in [0.4, 0.5) is 0 Å². The van der Waals surface area contributed by atoms with E-state index in [4.69, 9.17) is 21.1 Å². The van der Waals surface area contributed by atoms with E-state index < -0.39 is 11.9 Å². The van der Waals surface area contributed by atoms with Gasteiger partial charge in [-0.15, -0.1) is 0 Å². The second kappa shape index (κ2) is 11.1. The highest BCUT2D eigenvalue weighted by Crippen LogP contribution is 2.32. The molecule has 0 bridgehead atoms. The van der Waals surface area contributed by atoms with Crippen molar-refractivity contribution in [2.45, 2.75) is 0 Å². The van der Waals surface area contributed by atoms with Gasteiger partial charge in [-0.05, 0) is 58.4 Å². The summed E-state index contributed by atoms with van der Waals surface area (Å²) in [6, 6.07) is 18.8. The van der Waals surface area contributed by atoms with Crippen molar-refractivity contribution in [3.05, 3.63) is 91.8 Å². The normalized spacial score (nSPS) is 10.7. The fourth-order valence-electron chi connectivity index (χ4n) is 2.42. The van der Waals surface area contributed by atoms with Crippen molar-refractivity contribution in [3.8, 4) is 11.5 Å². The minimum Gasteiger partial charge on any atom is -0.484 e. The van der Waals surface area contributed by atoms with Gasteiger partial charge in [0, 0.05) is 15.1 Å². The smallest absolute Gasteiger partial charge is 0.343 e. The lowest BCUT2D eigenvalue weighted by Gasteiger charge is -2.10. The molecule has 3 aromatic rings. The standard InChI is InChI=1S/C22H15Br2ClN2O4/c23-16-9-15(12-26-27-20(28)13-30-18-8-4-7-17(25)11-18)21(19(24)10-16)31-22(29)14-5-2-1-3-6-14/h1-12H,13H2,(H,27,28)/b26-12+. The number of hydrogen-bond acceptors (Lipinski definition) is 5. The molecular formula is C22H15Br2ClN2O4. The number of amides is 1. The van der Waals surface area contributed by atoms with Crippen molar-refractivity contribution in [1.29, 1.82) is 0 Å². The van der Waals surface area contributed by atoms with Crippen molar-refractivity contribution in [3.63, 3.8) is 0 Å². The molecule has 0 heterocycles. The molecule has 0 aliphatic rings. The number of hydrogen-bond donors (Lipinski definition) is 1. The molecule has 0 fully saturated rings. The van der Waals surface area contributed by atoms with E-state index in [1.807, 2.05) is 6.07 Å². The summed E-state index contributed by atoms with van der Waals surface area (Å²) in [5.41, 5.74) is 3.25. The number of hydrazone groups is 1. The number of carbonyl (C=O) groups is 2. The summed E-state index contributed by atoms with van der Waals surface area (Å²) in [6.07, 6.45) is 1.38. The highest BCUT2D eigenvalue weighted by Gasteiger charge is 2.15.